The Kier molecular flexibility index (Phi) is 4.93. The van der Waals surface area contributed by atoms with Crippen molar-refractivity contribution < 1.29 is 9.53 Å². The summed E-state index contributed by atoms with van der Waals surface area (Å²) in [6, 6.07) is 7.62. The van der Waals surface area contributed by atoms with Crippen LogP contribution in [0.5, 0.6) is 0 Å². The van der Waals surface area contributed by atoms with Crippen LogP contribution in [0.2, 0.25) is 0 Å². The summed E-state index contributed by atoms with van der Waals surface area (Å²) in [4.78, 5) is 22.2. The molecule has 0 amide bonds. The molecular formula is C16H20N4O2. The van der Waals surface area contributed by atoms with Crippen LogP contribution in [-0.4, -0.2) is 37.1 Å². The van der Waals surface area contributed by atoms with E-state index in [-0.39, 0.29) is 12.4 Å². The molecule has 0 saturated carbocycles. The van der Waals surface area contributed by atoms with Gasteiger partial charge in [-0.25, -0.2) is 9.97 Å². The predicted molar refractivity (Wildman–Crippen MR) is 85.7 cm³/mol. The van der Waals surface area contributed by atoms with Gasteiger partial charge in [0.05, 0.1) is 13.5 Å². The molecule has 2 N–H and O–H groups in total. The highest BCUT2D eigenvalue weighted by atomic mass is 16.5. The van der Waals surface area contributed by atoms with E-state index in [1.165, 1.54) is 7.11 Å². The molecule has 6 nitrogen and oxygen atoms in total. The fourth-order valence-corrected chi connectivity index (χ4v) is 2.08. The Labute approximate surface area is 129 Å². The molecule has 0 radical (unpaired) electrons. The van der Waals surface area contributed by atoms with Crippen LogP contribution in [-0.2, 0) is 22.4 Å². The Balaban J connectivity index is 2.24. The van der Waals surface area contributed by atoms with Crippen molar-refractivity contribution in [1.29, 1.82) is 0 Å². The van der Waals surface area contributed by atoms with E-state index in [2.05, 4.69) is 9.97 Å². The van der Waals surface area contributed by atoms with E-state index >= 15 is 0 Å². The summed E-state index contributed by atoms with van der Waals surface area (Å²) < 4.78 is 4.70. The smallest absolute Gasteiger partial charge is 0.310 e. The first-order valence-electron chi connectivity index (χ1n) is 6.93. The monoisotopic (exact) mass is 300 g/mol. The standard InChI is InChI=1S/C16H20N4O2/c1-20(2)16-12(9-15(21)22-3)10-18-14(19-16)8-11-4-6-13(17)7-5-11/h4-7,10H,8-9,17H2,1-3H3. The van der Waals surface area contributed by atoms with E-state index in [0.717, 1.165) is 22.6 Å². The third-order valence-corrected chi connectivity index (χ3v) is 3.22. The number of nitrogens with two attached hydrogens (primary N) is 1. The van der Waals surface area contributed by atoms with Gasteiger partial charge >= 0.3 is 5.97 Å². The molecule has 1 heterocycles. The minimum Gasteiger partial charge on any atom is -0.469 e. The third-order valence-electron chi connectivity index (χ3n) is 3.22. The fourth-order valence-electron chi connectivity index (χ4n) is 2.08. The average molecular weight is 300 g/mol. The number of carbonyl (C=O) groups excluding carboxylic acids is 1. The van der Waals surface area contributed by atoms with E-state index in [1.807, 2.05) is 43.3 Å². The summed E-state index contributed by atoms with van der Waals surface area (Å²) in [7, 11) is 5.14. The molecule has 0 spiro atoms. The van der Waals surface area contributed by atoms with Gasteiger partial charge in [-0.2, -0.15) is 0 Å². The molecule has 0 bridgehead atoms. The summed E-state index contributed by atoms with van der Waals surface area (Å²) in [6.45, 7) is 0. The molecule has 1 aromatic heterocycles. The third kappa shape index (κ3) is 3.94. The lowest BCUT2D eigenvalue weighted by Crippen LogP contribution is -2.17. The molecule has 22 heavy (non-hydrogen) atoms. The molecule has 1 aromatic carbocycles. The maximum Gasteiger partial charge on any atom is 0.310 e. The van der Waals surface area contributed by atoms with Gasteiger partial charge < -0.3 is 15.4 Å². The molecule has 0 aliphatic carbocycles. The number of nitrogen functional groups attached to an aromatic ring is 1. The zero-order chi connectivity index (χ0) is 16.1. The van der Waals surface area contributed by atoms with E-state index in [1.54, 1.807) is 6.20 Å². The van der Waals surface area contributed by atoms with Gasteiger partial charge in [-0.3, -0.25) is 4.79 Å². The lowest BCUT2D eigenvalue weighted by Gasteiger charge is -2.16. The fraction of sp³-hybridized carbons (Fsp3) is 0.312. The van der Waals surface area contributed by atoms with Gasteiger partial charge in [0.15, 0.2) is 0 Å². The van der Waals surface area contributed by atoms with E-state index < -0.39 is 0 Å². The summed E-state index contributed by atoms with van der Waals surface area (Å²) in [6.07, 6.45) is 2.46. The first-order valence-corrected chi connectivity index (χ1v) is 6.93. The van der Waals surface area contributed by atoms with Crippen molar-refractivity contribution in [2.75, 3.05) is 31.8 Å². The van der Waals surface area contributed by atoms with Crippen molar-refractivity contribution in [3.05, 3.63) is 47.4 Å². The van der Waals surface area contributed by atoms with Crippen LogP contribution in [0.4, 0.5) is 11.5 Å². The number of hydrogen-bond acceptors (Lipinski definition) is 6. The van der Waals surface area contributed by atoms with E-state index in [9.17, 15) is 4.79 Å². The predicted octanol–water partition coefficient (Wildman–Crippen LogP) is 1.43. The van der Waals surface area contributed by atoms with Crippen LogP contribution in [0, 0.1) is 0 Å². The molecule has 0 saturated heterocycles. The summed E-state index contributed by atoms with van der Waals surface area (Å²) in [5.41, 5.74) is 8.24. The number of rotatable bonds is 5. The Morgan fingerprint density at radius 1 is 1.27 bits per heavy atom. The highest BCUT2D eigenvalue weighted by Crippen LogP contribution is 2.17. The lowest BCUT2D eigenvalue weighted by atomic mass is 10.1. The normalized spacial score (nSPS) is 10.3. The van der Waals surface area contributed by atoms with Gasteiger partial charge in [-0.1, -0.05) is 12.1 Å². The number of methoxy groups -OCH3 is 1. The molecule has 0 atom stereocenters. The minimum atomic E-state index is -0.307. The molecular weight excluding hydrogens is 280 g/mol. The largest absolute Gasteiger partial charge is 0.469 e. The Bertz CT molecular complexity index is 654. The lowest BCUT2D eigenvalue weighted by molar-refractivity contribution is -0.139. The number of carbonyl (C=O) groups is 1. The number of anilines is 2. The molecule has 6 heteroatoms. The first kappa shape index (κ1) is 15.8. The zero-order valence-electron chi connectivity index (χ0n) is 13.0. The minimum absolute atomic E-state index is 0.159. The molecule has 0 unspecified atom stereocenters. The van der Waals surface area contributed by atoms with Crippen molar-refractivity contribution in [3.8, 4) is 0 Å². The SMILES string of the molecule is COC(=O)Cc1cnc(Cc2ccc(N)cc2)nc1N(C)C. The van der Waals surface area contributed by atoms with E-state index in [0.29, 0.717) is 12.2 Å². The second-order valence-electron chi connectivity index (χ2n) is 5.20. The number of ether oxygens (including phenoxy) is 1. The van der Waals surface area contributed by atoms with Crippen molar-refractivity contribution in [1.82, 2.24) is 9.97 Å². The number of aromatic nitrogens is 2. The van der Waals surface area contributed by atoms with Gasteiger partial charge in [0.1, 0.15) is 11.6 Å². The van der Waals surface area contributed by atoms with Gasteiger partial charge in [0, 0.05) is 38.0 Å². The van der Waals surface area contributed by atoms with Crippen LogP contribution < -0.4 is 10.6 Å². The molecule has 116 valence electrons. The van der Waals surface area contributed by atoms with E-state index in [4.69, 9.17) is 10.5 Å². The van der Waals surface area contributed by atoms with Crippen molar-refractivity contribution in [2.45, 2.75) is 12.8 Å². The second-order valence-corrected chi connectivity index (χ2v) is 5.20. The average Bonchev–Trinajstić information content (AvgIpc) is 2.50. The van der Waals surface area contributed by atoms with Gasteiger partial charge in [0.2, 0.25) is 0 Å². The quantitative estimate of drug-likeness (QED) is 0.664. The number of benzene rings is 1. The van der Waals surface area contributed by atoms with Crippen molar-refractivity contribution in [2.24, 2.45) is 0 Å². The molecule has 0 aliphatic heterocycles. The topological polar surface area (TPSA) is 81.3 Å². The Morgan fingerprint density at radius 3 is 2.55 bits per heavy atom. The molecule has 2 rings (SSSR count). The van der Waals surface area contributed by atoms with Crippen LogP contribution in [0.15, 0.2) is 30.5 Å². The Hall–Kier alpha value is -2.63. The van der Waals surface area contributed by atoms with Crippen molar-refractivity contribution >= 4 is 17.5 Å². The zero-order valence-corrected chi connectivity index (χ0v) is 13.0. The van der Waals surface area contributed by atoms with Gasteiger partial charge in [0.25, 0.3) is 0 Å². The first-order chi connectivity index (χ1) is 10.5. The highest BCUT2D eigenvalue weighted by molar-refractivity contribution is 5.74. The maximum atomic E-state index is 11.5. The van der Waals surface area contributed by atoms with Gasteiger partial charge in [-0.05, 0) is 17.7 Å². The second kappa shape index (κ2) is 6.89. The molecule has 2 aromatic rings. The van der Waals surface area contributed by atoms with Crippen LogP contribution >= 0.6 is 0 Å². The number of hydrogen-bond donors (Lipinski definition) is 1. The highest BCUT2D eigenvalue weighted by Gasteiger charge is 2.13. The summed E-state index contributed by atoms with van der Waals surface area (Å²) in [5, 5.41) is 0. The van der Waals surface area contributed by atoms with Crippen molar-refractivity contribution in [3.63, 3.8) is 0 Å². The molecule has 0 fully saturated rings. The summed E-state index contributed by atoms with van der Waals surface area (Å²) in [5.74, 6) is 1.12. The number of nitrogens with zero attached hydrogens (tertiary/aromatic N) is 3. The van der Waals surface area contributed by atoms with Gasteiger partial charge in [-0.15, -0.1) is 0 Å². The summed E-state index contributed by atoms with van der Waals surface area (Å²) >= 11 is 0. The Morgan fingerprint density at radius 2 is 1.95 bits per heavy atom. The maximum absolute atomic E-state index is 11.5. The number of esters is 1. The van der Waals surface area contributed by atoms with Crippen LogP contribution in [0.25, 0.3) is 0 Å². The van der Waals surface area contributed by atoms with Crippen LogP contribution in [0.1, 0.15) is 17.0 Å². The molecule has 0 aliphatic rings. The van der Waals surface area contributed by atoms with Crippen LogP contribution in [0.3, 0.4) is 0 Å².